The lowest BCUT2D eigenvalue weighted by Crippen LogP contribution is -2.19. The molecule has 5 heteroatoms. The maximum absolute atomic E-state index is 10.4. The van der Waals surface area contributed by atoms with Gasteiger partial charge in [0.1, 0.15) is 5.84 Å². The van der Waals surface area contributed by atoms with Crippen LogP contribution in [0.3, 0.4) is 0 Å². The third-order valence-corrected chi connectivity index (χ3v) is 1.33. The Hall–Kier alpha value is -0.840. The predicted octanol–water partition coefficient (Wildman–Crippen LogP) is -0.961. The third kappa shape index (κ3) is 1.06. The number of nitrogens with one attached hydrogen (secondary N) is 1. The molecule has 0 amide bonds. The molecule has 0 aromatic carbocycles. The van der Waals surface area contributed by atoms with Gasteiger partial charge in [0, 0.05) is 6.20 Å². The van der Waals surface area contributed by atoms with Crippen molar-refractivity contribution in [3.05, 3.63) is 12.3 Å². The summed E-state index contributed by atoms with van der Waals surface area (Å²) in [6.07, 6.45) is 3.04. The molecule has 1 rings (SSSR count). The second-order valence-electron chi connectivity index (χ2n) is 1.22. The van der Waals surface area contributed by atoms with Crippen LogP contribution in [0.2, 0.25) is 0 Å². The van der Waals surface area contributed by atoms with Crippen LogP contribution in [0.15, 0.2) is 16.7 Å². The fourth-order valence-corrected chi connectivity index (χ4v) is 0.820. The van der Waals surface area contributed by atoms with Gasteiger partial charge in [-0.3, -0.25) is 4.72 Å². The lowest BCUT2D eigenvalue weighted by Gasteiger charge is -1.99. The van der Waals surface area contributed by atoms with Gasteiger partial charge in [0.2, 0.25) is 11.2 Å². The summed E-state index contributed by atoms with van der Waals surface area (Å²) in [4.78, 5) is 0. The molecular weight excluding hydrogens is 126 g/mol. The van der Waals surface area contributed by atoms with Crippen molar-refractivity contribution in [1.82, 2.24) is 4.72 Å². The smallest absolute Gasteiger partial charge is 0.244 e. The number of amidine groups is 1. The average molecular weight is 131 g/mol. The van der Waals surface area contributed by atoms with E-state index in [-0.39, 0.29) is 0 Å². The van der Waals surface area contributed by atoms with Gasteiger partial charge in [0.25, 0.3) is 0 Å². The Morgan fingerprint density at radius 3 is 3.00 bits per heavy atom. The van der Waals surface area contributed by atoms with Gasteiger partial charge < -0.3 is 5.73 Å². The first-order chi connectivity index (χ1) is 3.79. The highest BCUT2D eigenvalue weighted by Gasteiger charge is 1.96. The van der Waals surface area contributed by atoms with Crippen molar-refractivity contribution in [1.29, 1.82) is 0 Å². The maximum Gasteiger partial charge on any atom is 0.244 e. The second kappa shape index (κ2) is 1.95. The summed E-state index contributed by atoms with van der Waals surface area (Å²) in [5.74, 6) is 0.294. The van der Waals surface area contributed by atoms with Crippen molar-refractivity contribution < 1.29 is 4.21 Å². The van der Waals surface area contributed by atoms with Crippen molar-refractivity contribution in [2.45, 2.75) is 0 Å². The van der Waals surface area contributed by atoms with Crippen molar-refractivity contribution >= 4 is 17.0 Å². The predicted molar refractivity (Wildman–Crippen MR) is 32.0 cm³/mol. The molecule has 0 radical (unpaired) electrons. The molecule has 1 aliphatic heterocycles. The van der Waals surface area contributed by atoms with Crippen LogP contribution >= 0.6 is 0 Å². The van der Waals surface area contributed by atoms with Crippen LogP contribution < -0.4 is 10.5 Å². The fraction of sp³-hybridized carbons (Fsp3) is 0. The Labute approximate surface area is 49.2 Å². The highest BCUT2D eigenvalue weighted by atomic mass is 32.2. The summed E-state index contributed by atoms with van der Waals surface area (Å²) in [7, 11) is 0. The molecule has 4 nitrogen and oxygen atoms in total. The SMILES string of the molecule is NC1=NS(=O)NC=C1. The zero-order valence-electron chi connectivity index (χ0n) is 4.00. The number of hydrogen-bond donors (Lipinski definition) is 2. The third-order valence-electron chi connectivity index (χ3n) is 0.611. The minimum Gasteiger partial charge on any atom is -0.383 e. The first-order valence-electron chi connectivity index (χ1n) is 1.98. The van der Waals surface area contributed by atoms with Gasteiger partial charge in [-0.2, -0.15) is 4.40 Å². The molecule has 0 saturated heterocycles. The minimum absolute atomic E-state index is 0.294. The quantitative estimate of drug-likeness (QED) is 0.444. The Bertz CT molecular complexity index is 173. The van der Waals surface area contributed by atoms with Gasteiger partial charge in [-0.1, -0.05) is 0 Å². The molecule has 1 unspecified atom stereocenters. The van der Waals surface area contributed by atoms with Crippen LogP contribution in [0.5, 0.6) is 0 Å². The van der Waals surface area contributed by atoms with Crippen LogP contribution in [-0.4, -0.2) is 10.0 Å². The van der Waals surface area contributed by atoms with Gasteiger partial charge in [0.05, 0.1) is 0 Å². The van der Waals surface area contributed by atoms with Gasteiger partial charge in [-0.25, -0.2) is 4.21 Å². The summed E-state index contributed by atoms with van der Waals surface area (Å²) in [5, 5.41) is 0. The monoisotopic (exact) mass is 131 g/mol. The zero-order valence-corrected chi connectivity index (χ0v) is 4.81. The molecule has 1 aliphatic rings. The summed E-state index contributed by atoms with van der Waals surface area (Å²) >= 11 is -1.34. The van der Waals surface area contributed by atoms with Crippen molar-refractivity contribution in [2.75, 3.05) is 0 Å². The van der Waals surface area contributed by atoms with Gasteiger partial charge in [0.15, 0.2) is 0 Å². The molecule has 1 atom stereocenters. The Morgan fingerprint density at radius 2 is 2.62 bits per heavy atom. The Morgan fingerprint density at radius 1 is 1.88 bits per heavy atom. The van der Waals surface area contributed by atoms with E-state index in [9.17, 15) is 4.21 Å². The lowest BCUT2D eigenvalue weighted by atomic mass is 10.6. The fourth-order valence-electron chi connectivity index (χ4n) is 0.330. The molecule has 0 aromatic heterocycles. The number of nitrogens with zero attached hydrogens (tertiary/aromatic N) is 1. The van der Waals surface area contributed by atoms with E-state index >= 15 is 0 Å². The molecule has 1 heterocycles. The molecule has 0 aromatic rings. The van der Waals surface area contributed by atoms with E-state index in [1.54, 1.807) is 6.08 Å². The first kappa shape index (κ1) is 5.30. The maximum atomic E-state index is 10.4. The van der Waals surface area contributed by atoms with Crippen molar-refractivity contribution in [3.8, 4) is 0 Å². The van der Waals surface area contributed by atoms with E-state index in [1.807, 2.05) is 0 Å². The molecule has 3 N–H and O–H groups in total. The highest BCUT2D eigenvalue weighted by Crippen LogP contribution is 1.85. The lowest BCUT2D eigenvalue weighted by molar-refractivity contribution is 0.680. The summed E-state index contributed by atoms with van der Waals surface area (Å²) in [6, 6.07) is 0. The minimum atomic E-state index is -1.34. The highest BCUT2D eigenvalue weighted by molar-refractivity contribution is 7.82. The molecular formula is C3H5N3OS. The van der Waals surface area contributed by atoms with Crippen molar-refractivity contribution in [2.24, 2.45) is 10.1 Å². The second-order valence-corrected chi connectivity index (χ2v) is 2.13. The standard InChI is InChI=1S/C3H5N3OS/c4-3-1-2-5-8(7)6-3/h1-2,5H,(H2,4,6). The molecule has 8 heavy (non-hydrogen) atoms. The van der Waals surface area contributed by atoms with E-state index in [4.69, 9.17) is 5.73 Å². The van der Waals surface area contributed by atoms with E-state index < -0.39 is 11.2 Å². The number of hydrogen-bond acceptors (Lipinski definition) is 2. The number of rotatable bonds is 0. The molecule has 0 bridgehead atoms. The van der Waals surface area contributed by atoms with E-state index in [0.717, 1.165) is 0 Å². The first-order valence-corrected chi connectivity index (χ1v) is 3.08. The van der Waals surface area contributed by atoms with Crippen LogP contribution in [0.1, 0.15) is 0 Å². The van der Waals surface area contributed by atoms with Gasteiger partial charge >= 0.3 is 0 Å². The normalized spacial score (nSPS) is 26.5. The van der Waals surface area contributed by atoms with E-state index in [0.29, 0.717) is 5.84 Å². The summed E-state index contributed by atoms with van der Waals surface area (Å²) in [6.45, 7) is 0. The van der Waals surface area contributed by atoms with E-state index in [2.05, 4.69) is 9.12 Å². The zero-order chi connectivity index (χ0) is 5.98. The average Bonchev–Trinajstić information content (AvgIpc) is 1.64. The van der Waals surface area contributed by atoms with E-state index in [1.165, 1.54) is 6.20 Å². The molecule has 0 fully saturated rings. The summed E-state index contributed by atoms with van der Waals surface area (Å²) < 4.78 is 16.2. The molecule has 0 aliphatic carbocycles. The van der Waals surface area contributed by atoms with Crippen LogP contribution in [0, 0.1) is 0 Å². The van der Waals surface area contributed by atoms with Crippen LogP contribution in [-0.2, 0) is 11.2 Å². The Kier molecular flexibility index (Phi) is 1.29. The number of nitrogens with two attached hydrogens (primary N) is 1. The molecule has 44 valence electrons. The van der Waals surface area contributed by atoms with Gasteiger partial charge in [-0.05, 0) is 6.08 Å². The van der Waals surface area contributed by atoms with Crippen molar-refractivity contribution in [3.63, 3.8) is 0 Å². The van der Waals surface area contributed by atoms with Crippen LogP contribution in [0.25, 0.3) is 0 Å². The molecule has 0 saturated carbocycles. The largest absolute Gasteiger partial charge is 0.383 e. The van der Waals surface area contributed by atoms with Gasteiger partial charge in [-0.15, -0.1) is 0 Å². The summed E-state index contributed by atoms with van der Waals surface area (Å²) in [5.41, 5.74) is 5.16. The Balaban J connectivity index is 2.77. The molecule has 0 spiro atoms. The van der Waals surface area contributed by atoms with Crippen LogP contribution in [0.4, 0.5) is 0 Å². The topological polar surface area (TPSA) is 67.5 Å².